The van der Waals surface area contributed by atoms with Crippen LogP contribution in [0.1, 0.15) is 63.7 Å². The average Bonchev–Trinajstić information content (AvgIpc) is 3.00. The molecule has 0 radical (unpaired) electrons. The molecule has 1 aliphatic rings. The number of ether oxygens (including phenoxy) is 4. The second kappa shape index (κ2) is 14.4. The minimum Gasteiger partial charge on any atom is -0.424 e. The third-order valence-corrected chi connectivity index (χ3v) is 6.48. The highest BCUT2D eigenvalue weighted by Crippen LogP contribution is 2.35. The Hall–Kier alpha value is -5.07. The van der Waals surface area contributed by atoms with Crippen molar-refractivity contribution in [1.29, 1.82) is 0 Å². The van der Waals surface area contributed by atoms with E-state index in [4.69, 9.17) is 18.9 Å². The van der Waals surface area contributed by atoms with Crippen LogP contribution in [-0.2, 0) is 0 Å². The van der Waals surface area contributed by atoms with E-state index in [1.807, 2.05) is 9.80 Å². The molecule has 1 aliphatic heterocycles. The molecular weight excluding hydrogens is 564 g/mol. The number of anilines is 2. The molecule has 0 saturated carbocycles. The number of carbonyl (C=O) groups is 1. The van der Waals surface area contributed by atoms with Crippen LogP contribution in [0.4, 0.5) is 11.9 Å². The van der Waals surface area contributed by atoms with Gasteiger partial charge < -0.3 is 28.7 Å². The summed E-state index contributed by atoms with van der Waals surface area (Å²) in [7, 11) is 0. The third-order valence-electron chi connectivity index (χ3n) is 6.48. The van der Waals surface area contributed by atoms with Crippen LogP contribution >= 0.6 is 0 Å². The fourth-order valence-corrected chi connectivity index (χ4v) is 4.65. The van der Waals surface area contributed by atoms with Crippen LogP contribution in [0.15, 0.2) is 42.5 Å². The molecule has 0 atom stereocenters. The smallest absolute Gasteiger partial charge is 0.330 e. The minimum atomic E-state index is -0.0403. The summed E-state index contributed by atoms with van der Waals surface area (Å²) in [5.74, 6) is 1.97. The molecule has 0 N–H and O–H groups in total. The van der Waals surface area contributed by atoms with Crippen LogP contribution in [0, 0.1) is 0 Å². The van der Waals surface area contributed by atoms with E-state index in [9.17, 15) is 4.79 Å². The lowest BCUT2D eigenvalue weighted by atomic mass is 10.2. The van der Waals surface area contributed by atoms with Crippen molar-refractivity contribution in [2.24, 2.45) is 0 Å². The Labute approximate surface area is 256 Å². The molecule has 44 heavy (non-hydrogen) atoms. The fraction of sp³-hybridized carbons (Fsp3) is 0.387. The number of fused-ring (bicyclic) bond motifs is 8. The van der Waals surface area contributed by atoms with Crippen LogP contribution in [0.5, 0.6) is 47.0 Å². The summed E-state index contributed by atoms with van der Waals surface area (Å²) < 4.78 is 24.4. The number of aromatic nitrogens is 6. The van der Waals surface area contributed by atoms with Gasteiger partial charge >= 0.3 is 24.0 Å². The summed E-state index contributed by atoms with van der Waals surface area (Å²) in [6.07, 6.45) is 4.19. The van der Waals surface area contributed by atoms with Crippen molar-refractivity contribution < 1.29 is 23.7 Å². The van der Waals surface area contributed by atoms with Crippen molar-refractivity contribution >= 4 is 18.2 Å². The van der Waals surface area contributed by atoms with Gasteiger partial charge in [0.25, 0.3) is 0 Å². The summed E-state index contributed by atoms with van der Waals surface area (Å²) in [6.45, 7) is 11.2. The van der Waals surface area contributed by atoms with Gasteiger partial charge in [0.1, 0.15) is 23.0 Å². The van der Waals surface area contributed by atoms with Crippen LogP contribution in [-0.4, -0.2) is 62.4 Å². The molecule has 0 aliphatic carbocycles. The topological polar surface area (TPSA) is 138 Å². The molecule has 8 bridgehead atoms. The molecule has 0 unspecified atom stereocenters. The Morgan fingerprint density at radius 3 is 1.34 bits per heavy atom. The molecule has 2 aromatic heterocycles. The second-order valence-corrected chi connectivity index (χ2v) is 10.0. The zero-order valence-electron chi connectivity index (χ0n) is 25.4. The molecule has 3 heterocycles. The van der Waals surface area contributed by atoms with Crippen molar-refractivity contribution in [3.05, 3.63) is 48.0 Å². The number of carbonyl (C=O) groups excluding carboxylic acids is 1. The molecule has 230 valence electrons. The largest absolute Gasteiger partial charge is 0.424 e. The van der Waals surface area contributed by atoms with Gasteiger partial charge in [0.2, 0.25) is 11.9 Å². The molecule has 13 nitrogen and oxygen atoms in total. The van der Waals surface area contributed by atoms with Crippen LogP contribution in [0.25, 0.3) is 0 Å². The highest BCUT2D eigenvalue weighted by atomic mass is 16.5. The molecule has 0 fully saturated rings. The Morgan fingerprint density at radius 2 is 0.955 bits per heavy atom. The first-order chi connectivity index (χ1) is 21.5. The zero-order valence-corrected chi connectivity index (χ0v) is 25.4. The first-order valence-corrected chi connectivity index (χ1v) is 14.9. The summed E-state index contributed by atoms with van der Waals surface area (Å²) in [5.41, 5.74) is 0.122. The van der Waals surface area contributed by atoms with E-state index in [1.165, 1.54) is 0 Å². The van der Waals surface area contributed by atoms with E-state index in [-0.39, 0.29) is 41.1 Å². The van der Waals surface area contributed by atoms with E-state index in [0.29, 0.717) is 29.7 Å². The van der Waals surface area contributed by atoms with Gasteiger partial charge in [-0.25, -0.2) is 0 Å². The quantitative estimate of drug-likeness (QED) is 0.151. The number of hydrogen-bond donors (Lipinski definition) is 0. The van der Waals surface area contributed by atoms with Crippen LogP contribution in [0.2, 0.25) is 0 Å². The third kappa shape index (κ3) is 7.28. The average molecular weight is 601 g/mol. The first kappa shape index (κ1) is 30.4. The monoisotopic (exact) mass is 600 g/mol. The zero-order chi connectivity index (χ0) is 30.9. The summed E-state index contributed by atoms with van der Waals surface area (Å²) in [6, 6.07) is 11.9. The van der Waals surface area contributed by atoms with E-state index in [1.54, 1.807) is 42.5 Å². The number of rotatable bonds is 11. The summed E-state index contributed by atoms with van der Waals surface area (Å²) in [5, 5.41) is 0. The van der Waals surface area contributed by atoms with Gasteiger partial charge in [-0.1, -0.05) is 39.8 Å². The lowest BCUT2D eigenvalue weighted by Crippen LogP contribution is -2.27. The van der Waals surface area contributed by atoms with Crippen molar-refractivity contribution in [2.45, 2.75) is 53.4 Å². The molecule has 4 aromatic rings. The van der Waals surface area contributed by atoms with E-state index in [0.717, 1.165) is 51.9 Å². The Bertz CT molecular complexity index is 1470. The maximum absolute atomic E-state index is 12.4. The normalized spacial score (nSPS) is 11.8. The van der Waals surface area contributed by atoms with Crippen LogP contribution in [0.3, 0.4) is 0 Å². The number of hydrogen-bond acceptors (Lipinski definition) is 13. The van der Waals surface area contributed by atoms with Gasteiger partial charge in [-0.2, -0.15) is 19.9 Å². The Balaban J connectivity index is 1.65. The number of aldehydes is 1. The summed E-state index contributed by atoms with van der Waals surface area (Å²) >= 11 is 0. The van der Waals surface area contributed by atoms with Gasteiger partial charge in [-0.3, -0.25) is 4.79 Å². The van der Waals surface area contributed by atoms with E-state index in [2.05, 4.69) is 57.6 Å². The predicted molar refractivity (Wildman–Crippen MR) is 164 cm³/mol. The number of benzene rings is 2. The van der Waals surface area contributed by atoms with Gasteiger partial charge in [0, 0.05) is 32.2 Å². The van der Waals surface area contributed by atoms with Gasteiger partial charge in [-0.05, 0) is 49.9 Å². The maximum Gasteiger partial charge on any atom is 0.330 e. The molecule has 5 rings (SSSR count). The molecular formula is C31H36N8O5. The van der Waals surface area contributed by atoms with E-state index < -0.39 is 0 Å². The molecule has 0 spiro atoms. The molecule has 0 amide bonds. The lowest BCUT2D eigenvalue weighted by Gasteiger charge is -2.22. The maximum atomic E-state index is 12.4. The fourth-order valence-electron chi connectivity index (χ4n) is 4.65. The molecule has 0 saturated heterocycles. The highest BCUT2D eigenvalue weighted by molar-refractivity contribution is 5.84. The van der Waals surface area contributed by atoms with Crippen molar-refractivity contribution in [3.8, 4) is 47.0 Å². The van der Waals surface area contributed by atoms with Gasteiger partial charge in [-0.15, -0.1) is 9.97 Å². The molecule has 2 aromatic carbocycles. The van der Waals surface area contributed by atoms with Crippen molar-refractivity contribution in [2.75, 3.05) is 36.0 Å². The van der Waals surface area contributed by atoms with Gasteiger partial charge in [0.15, 0.2) is 6.29 Å². The van der Waals surface area contributed by atoms with Crippen LogP contribution < -0.4 is 28.7 Å². The van der Waals surface area contributed by atoms with Crippen molar-refractivity contribution in [3.63, 3.8) is 0 Å². The van der Waals surface area contributed by atoms with Gasteiger partial charge in [0.05, 0.1) is 5.56 Å². The van der Waals surface area contributed by atoms with Crippen molar-refractivity contribution in [1.82, 2.24) is 29.9 Å². The standard InChI is InChI=1S/C31H36N8O5/c1-5-15-38(16-6-2)26-32-28-36-30(34-26)43-24-13-10-14-25(23(24)20-40)44-31-35-27(39(17-7-3)18-8-4)33-29(37-31)42-22-12-9-11-21(19-22)41-28/h9-14,19-20H,5-8,15-18H2,1-4H3. The molecule has 13 heteroatoms. The SMILES string of the molecule is CCCN(CCC)c1nc2nc(n1)Oc1cccc(c1C=O)Oc1nc(nc(N(CCC)CCC)n1)Oc1cccc(c1)O2. The lowest BCUT2D eigenvalue weighted by molar-refractivity contribution is 0.111. The van der Waals surface area contributed by atoms with E-state index >= 15 is 0 Å². The first-order valence-electron chi connectivity index (χ1n) is 14.9. The Kier molecular flexibility index (Phi) is 9.95. The minimum absolute atomic E-state index is 0.0195. The number of nitrogens with zero attached hydrogens (tertiary/aromatic N) is 8. The second-order valence-electron chi connectivity index (χ2n) is 10.0. The summed E-state index contributed by atoms with van der Waals surface area (Å²) in [4.78, 5) is 43.6. The predicted octanol–water partition coefficient (Wildman–Crippen LogP) is 6.60. The highest BCUT2D eigenvalue weighted by Gasteiger charge is 2.21. The Morgan fingerprint density at radius 1 is 0.568 bits per heavy atom.